The Hall–Kier alpha value is -3.19. The maximum absolute atomic E-state index is 11.8. The number of rotatable bonds is 8. The summed E-state index contributed by atoms with van der Waals surface area (Å²) < 4.78 is 11.8. The zero-order valence-electron chi connectivity index (χ0n) is 18.0. The van der Waals surface area contributed by atoms with Gasteiger partial charge in [-0.3, -0.25) is 9.31 Å². The molecule has 160 valence electrons. The van der Waals surface area contributed by atoms with Gasteiger partial charge in [0.1, 0.15) is 11.5 Å². The van der Waals surface area contributed by atoms with Gasteiger partial charge in [-0.25, -0.2) is 4.98 Å². The zero-order chi connectivity index (χ0) is 21.8. The second-order valence-corrected chi connectivity index (χ2v) is 9.36. The molecule has 0 fully saturated rings. The summed E-state index contributed by atoms with van der Waals surface area (Å²) >= 11 is 0. The second-order valence-electron chi connectivity index (χ2n) is 7.98. The predicted molar refractivity (Wildman–Crippen MR) is 129 cm³/mol. The van der Waals surface area contributed by atoms with Crippen LogP contribution in [0, 0.1) is 5.92 Å². The van der Waals surface area contributed by atoms with Crippen molar-refractivity contribution in [1.29, 1.82) is 0 Å². The first-order valence-electron chi connectivity index (χ1n) is 10.4. The van der Waals surface area contributed by atoms with E-state index >= 15 is 0 Å². The summed E-state index contributed by atoms with van der Waals surface area (Å²) in [6, 6.07) is 17.8. The summed E-state index contributed by atoms with van der Waals surface area (Å²) in [5.74, 6) is 1.50. The van der Waals surface area contributed by atoms with Gasteiger partial charge in [0, 0.05) is 57.0 Å². The topological polar surface area (TPSA) is 82.7 Å². The Labute approximate surface area is 185 Å². The Balaban J connectivity index is 1.60. The number of H-pyrrole nitrogens is 1. The molecule has 7 heteroatoms. The van der Waals surface area contributed by atoms with Crippen molar-refractivity contribution in [3.63, 3.8) is 0 Å². The molecule has 6 nitrogen and oxygen atoms in total. The van der Waals surface area contributed by atoms with Crippen LogP contribution in [0.1, 0.15) is 20.3 Å². The molecule has 0 saturated heterocycles. The number of pyridine rings is 1. The third-order valence-electron chi connectivity index (χ3n) is 5.08. The molecule has 0 spiro atoms. The van der Waals surface area contributed by atoms with E-state index in [4.69, 9.17) is 0 Å². The van der Waals surface area contributed by atoms with Crippen molar-refractivity contribution in [1.82, 2.24) is 15.2 Å². The number of fused-ring (bicyclic) bond motifs is 1. The minimum absolute atomic E-state index is 0.648. The lowest BCUT2D eigenvalue weighted by Crippen LogP contribution is -2.06. The maximum Gasteiger partial charge on any atom is 0.126 e. The molecule has 1 atom stereocenters. The van der Waals surface area contributed by atoms with Gasteiger partial charge in [0.05, 0.1) is 5.52 Å². The Morgan fingerprint density at radius 1 is 1.06 bits per heavy atom. The fraction of sp³-hybridized carbons (Fsp3) is 0.250. The van der Waals surface area contributed by atoms with E-state index in [-0.39, 0.29) is 0 Å². The zero-order valence-corrected chi connectivity index (χ0v) is 18.8. The van der Waals surface area contributed by atoms with Crippen LogP contribution in [0.15, 0.2) is 65.7 Å². The Morgan fingerprint density at radius 3 is 2.71 bits per heavy atom. The van der Waals surface area contributed by atoms with E-state index in [9.17, 15) is 4.21 Å². The van der Waals surface area contributed by atoms with Gasteiger partial charge in [0.25, 0.3) is 0 Å². The van der Waals surface area contributed by atoms with E-state index < -0.39 is 10.8 Å². The molecule has 1 unspecified atom stereocenters. The van der Waals surface area contributed by atoms with Crippen LogP contribution < -0.4 is 10.6 Å². The largest absolute Gasteiger partial charge is 0.370 e. The van der Waals surface area contributed by atoms with E-state index in [2.05, 4.69) is 45.7 Å². The average molecular weight is 434 g/mol. The monoisotopic (exact) mass is 433 g/mol. The van der Waals surface area contributed by atoms with Gasteiger partial charge in [-0.1, -0.05) is 19.9 Å². The molecule has 0 aliphatic rings. The summed E-state index contributed by atoms with van der Waals surface area (Å²) in [5.41, 5.74) is 4.71. The summed E-state index contributed by atoms with van der Waals surface area (Å²) in [6.07, 6.45) is 4.59. The highest BCUT2D eigenvalue weighted by atomic mass is 32.2. The lowest BCUT2D eigenvalue weighted by molar-refractivity contribution is 0.606. The van der Waals surface area contributed by atoms with Crippen LogP contribution in [0.3, 0.4) is 0 Å². The van der Waals surface area contributed by atoms with Gasteiger partial charge in [-0.2, -0.15) is 5.10 Å². The van der Waals surface area contributed by atoms with E-state index in [1.54, 1.807) is 6.26 Å². The fourth-order valence-electron chi connectivity index (χ4n) is 3.39. The van der Waals surface area contributed by atoms with E-state index in [1.165, 1.54) is 0 Å². The van der Waals surface area contributed by atoms with E-state index in [0.717, 1.165) is 57.2 Å². The number of anilines is 3. The molecule has 4 aromatic rings. The van der Waals surface area contributed by atoms with Gasteiger partial charge >= 0.3 is 0 Å². The first kappa shape index (κ1) is 21.1. The fourth-order valence-corrected chi connectivity index (χ4v) is 3.96. The van der Waals surface area contributed by atoms with Crippen molar-refractivity contribution in [2.45, 2.75) is 25.2 Å². The first-order valence-corrected chi connectivity index (χ1v) is 11.9. The lowest BCUT2D eigenvalue weighted by atomic mass is 10.1. The molecule has 0 aliphatic carbocycles. The molecule has 0 saturated carbocycles. The summed E-state index contributed by atoms with van der Waals surface area (Å²) in [4.78, 5) is 5.23. The molecule has 0 radical (unpaired) electrons. The Morgan fingerprint density at radius 2 is 1.90 bits per heavy atom. The number of aromatic amines is 1. The number of aromatic nitrogens is 3. The normalized spacial score (nSPS) is 12.3. The highest BCUT2D eigenvalue weighted by Gasteiger charge is 2.11. The van der Waals surface area contributed by atoms with Crippen molar-refractivity contribution in [2.75, 3.05) is 23.4 Å². The van der Waals surface area contributed by atoms with Gasteiger partial charge in [0.2, 0.25) is 0 Å². The maximum atomic E-state index is 11.8. The van der Waals surface area contributed by atoms with Crippen LogP contribution >= 0.6 is 0 Å². The lowest BCUT2D eigenvalue weighted by Gasteiger charge is -2.09. The molecule has 0 bridgehead atoms. The van der Waals surface area contributed by atoms with Crippen molar-refractivity contribution >= 4 is 38.9 Å². The third kappa shape index (κ3) is 5.11. The molecule has 0 aliphatic heterocycles. The molecule has 2 aromatic heterocycles. The molecule has 4 rings (SSSR count). The van der Waals surface area contributed by atoms with Gasteiger partial charge in [0.15, 0.2) is 0 Å². The SMILES string of the molecule is CC(C)CCNc1cc(-c2n[nH]c3ccc(Nc4cccc(S(C)=O)c4)cc23)ccn1. The minimum atomic E-state index is -1.02. The van der Waals surface area contributed by atoms with Gasteiger partial charge < -0.3 is 10.6 Å². The summed E-state index contributed by atoms with van der Waals surface area (Å²) in [6.45, 7) is 5.32. The van der Waals surface area contributed by atoms with E-state index in [1.807, 2.05) is 54.7 Å². The predicted octanol–water partition coefficient (Wildman–Crippen LogP) is 5.56. The highest BCUT2D eigenvalue weighted by molar-refractivity contribution is 7.84. The molecular formula is C24H27N5OS. The molecule has 31 heavy (non-hydrogen) atoms. The highest BCUT2D eigenvalue weighted by Crippen LogP contribution is 2.30. The first-order chi connectivity index (χ1) is 15.0. The molecule has 2 aromatic carbocycles. The Bertz CT molecular complexity index is 1220. The molecule has 0 amide bonds. The smallest absolute Gasteiger partial charge is 0.126 e. The number of hydrogen-bond acceptors (Lipinski definition) is 5. The van der Waals surface area contributed by atoms with Crippen LogP contribution in [0.4, 0.5) is 17.2 Å². The van der Waals surface area contributed by atoms with Crippen LogP contribution in [-0.2, 0) is 10.8 Å². The number of hydrogen-bond donors (Lipinski definition) is 3. The summed E-state index contributed by atoms with van der Waals surface area (Å²) in [5, 5.41) is 15.5. The number of nitrogens with one attached hydrogen (secondary N) is 3. The van der Waals surface area contributed by atoms with Crippen LogP contribution in [0.2, 0.25) is 0 Å². The van der Waals surface area contributed by atoms with Crippen LogP contribution in [-0.4, -0.2) is 32.2 Å². The molecular weight excluding hydrogens is 406 g/mol. The van der Waals surface area contributed by atoms with Crippen molar-refractivity contribution in [3.8, 4) is 11.3 Å². The standard InChI is InChI=1S/C24H27N5OS/c1-16(2)9-11-25-23-13-17(10-12-26-23)24-21-15-19(7-8-22(21)28-29-24)27-18-5-4-6-20(14-18)31(3)30/h4-8,10,12-16,27H,9,11H2,1-3H3,(H,25,26)(H,28,29). The number of nitrogens with zero attached hydrogens (tertiary/aromatic N) is 2. The minimum Gasteiger partial charge on any atom is -0.370 e. The van der Waals surface area contributed by atoms with Crippen molar-refractivity contribution < 1.29 is 4.21 Å². The summed E-state index contributed by atoms with van der Waals surface area (Å²) in [7, 11) is -1.02. The van der Waals surface area contributed by atoms with Gasteiger partial charge in [-0.15, -0.1) is 0 Å². The second kappa shape index (κ2) is 9.31. The number of benzene rings is 2. The van der Waals surface area contributed by atoms with Crippen LogP contribution in [0.25, 0.3) is 22.2 Å². The van der Waals surface area contributed by atoms with Gasteiger partial charge in [-0.05, 0) is 60.9 Å². The van der Waals surface area contributed by atoms with Crippen molar-refractivity contribution in [3.05, 3.63) is 60.8 Å². The van der Waals surface area contributed by atoms with Crippen LogP contribution in [0.5, 0.6) is 0 Å². The third-order valence-corrected chi connectivity index (χ3v) is 6.00. The molecule has 2 heterocycles. The quantitative estimate of drug-likeness (QED) is 0.339. The Kier molecular flexibility index (Phi) is 6.32. The average Bonchev–Trinajstić information content (AvgIpc) is 3.17. The van der Waals surface area contributed by atoms with E-state index in [0.29, 0.717) is 5.92 Å². The van der Waals surface area contributed by atoms with Crippen molar-refractivity contribution in [2.24, 2.45) is 5.92 Å². The molecule has 3 N–H and O–H groups in total.